The highest BCUT2D eigenvalue weighted by Crippen LogP contribution is 2.28. The summed E-state index contributed by atoms with van der Waals surface area (Å²) in [6.45, 7) is 4.64. The molecule has 0 saturated carbocycles. The predicted molar refractivity (Wildman–Crippen MR) is 74.2 cm³/mol. The molecule has 0 atom stereocenters. The summed E-state index contributed by atoms with van der Waals surface area (Å²) < 4.78 is 3.08. The first-order valence-corrected chi connectivity index (χ1v) is 6.80. The van der Waals surface area contributed by atoms with E-state index in [1.54, 1.807) is 11.3 Å². The van der Waals surface area contributed by atoms with Crippen molar-refractivity contribution in [2.75, 3.05) is 5.73 Å². The Bertz CT molecular complexity index is 604. The number of nitrogens with zero attached hydrogens (tertiary/aromatic N) is 2. The number of anilines is 1. The molecular formula is C12H12BrN3S. The molecule has 0 bridgehead atoms. The zero-order chi connectivity index (χ0) is 12.6. The van der Waals surface area contributed by atoms with E-state index in [4.69, 9.17) is 11.0 Å². The molecule has 3 nitrogen and oxygen atoms in total. The number of hydrogen-bond acceptors (Lipinski definition) is 3. The van der Waals surface area contributed by atoms with E-state index < -0.39 is 0 Å². The lowest BCUT2D eigenvalue weighted by Crippen LogP contribution is -2.05. The van der Waals surface area contributed by atoms with Crippen LogP contribution in [0.15, 0.2) is 15.9 Å². The van der Waals surface area contributed by atoms with Crippen LogP contribution in [-0.2, 0) is 6.54 Å². The molecule has 0 saturated heterocycles. The Morgan fingerprint density at radius 2 is 2.24 bits per heavy atom. The fourth-order valence-corrected chi connectivity index (χ4v) is 3.28. The van der Waals surface area contributed by atoms with E-state index in [1.807, 2.05) is 29.9 Å². The van der Waals surface area contributed by atoms with Crippen LogP contribution in [0.5, 0.6) is 0 Å². The molecule has 0 spiro atoms. The second-order valence-electron chi connectivity index (χ2n) is 3.86. The first-order chi connectivity index (χ1) is 8.06. The highest BCUT2D eigenvalue weighted by Gasteiger charge is 2.16. The maximum absolute atomic E-state index is 9.07. The second-order valence-corrected chi connectivity index (χ2v) is 5.72. The molecule has 17 heavy (non-hydrogen) atoms. The van der Waals surface area contributed by atoms with Crippen LogP contribution in [0.25, 0.3) is 0 Å². The van der Waals surface area contributed by atoms with Gasteiger partial charge in [-0.05, 0) is 46.8 Å². The number of nitrogens with two attached hydrogens (primary N) is 1. The van der Waals surface area contributed by atoms with Crippen LogP contribution in [0.4, 0.5) is 5.82 Å². The number of thiophene rings is 1. The third-order valence-corrected chi connectivity index (χ3v) is 4.89. The standard InChI is InChI=1S/C12H12BrN3S/c1-7-8(2)16(12(15)9(7)5-14)6-11-10(13)3-4-17-11/h3-4H,6,15H2,1-2H3. The highest BCUT2D eigenvalue weighted by atomic mass is 79.9. The van der Waals surface area contributed by atoms with Gasteiger partial charge in [0.05, 0.1) is 12.1 Å². The van der Waals surface area contributed by atoms with Crippen LogP contribution in [0.1, 0.15) is 21.7 Å². The highest BCUT2D eigenvalue weighted by molar-refractivity contribution is 9.10. The fraction of sp³-hybridized carbons (Fsp3) is 0.250. The Balaban J connectivity index is 2.48. The monoisotopic (exact) mass is 309 g/mol. The van der Waals surface area contributed by atoms with Crippen molar-refractivity contribution >= 4 is 33.1 Å². The molecule has 2 aromatic heterocycles. The van der Waals surface area contributed by atoms with Gasteiger partial charge in [-0.2, -0.15) is 5.26 Å². The summed E-state index contributed by atoms with van der Waals surface area (Å²) in [5.74, 6) is 0.558. The molecule has 2 aromatic rings. The van der Waals surface area contributed by atoms with Gasteiger partial charge in [0, 0.05) is 15.0 Å². The third kappa shape index (κ3) is 1.99. The summed E-state index contributed by atoms with van der Waals surface area (Å²) in [6, 6.07) is 4.19. The normalized spacial score (nSPS) is 10.5. The summed E-state index contributed by atoms with van der Waals surface area (Å²) in [7, 11) is 0. The number of rotatable bonds is 2. The van der Waals surface area contributed by atoms with Crippen LogP contribution in [0.3, 0.4) is 0 Å². The average Bonchev–Trinajstić information content (AvgIpc) is 2.78. The molecule has 0 aliphatic heterocycles. The largest absolute Gasteiger partial charge is 0.384 e. The Kier molecular flexibility index (Phi) is 3.27. The number of halogens is 1. The smallest absolute Gasteiger partial charge is 0.122 e. The fourth-order valence-electron chi connectivity index (χ4n) is 1.82. The predicted octanol–water partition coefficient (Wildman–Crippen LogP) is 3.43. The van der Waals surface area contributed by atoms with Gasteiger partial charge in [-0.15, -0.1) is 11.3 Å². The second kappa shape index (κ2) is 4.55. The van der Waals surface area contributed by atoms with E-state index in [0.29, 0.717) is 17.9 Å². The zero-order valence-electron chi connectivity index (χ0n) is 9.62. The Labute approximate surface area is 113 Å². The Morgan fingerprint density at radius 3 is 2.71 bits per heavy atom. The van der Waals surface area contributed by atoms with Crippen molar-refractivity contribution in [2.24, 2.45) is 0 Å². The molecule has 88 valence electrons. The van der Waals surface area contributed by atoms with Gasteiger partial charge in [0.25, 0.3) is 0 Å². The van der Waals surface area contributed by atoms with Crippen molar-refractivity contribution in [3.63, 3.8) is 0 Å². The lowest BCUT2D eigenvalue weighted by Gasteiger charge is -2.08. The van der Waals surface area contributed by atoms with Crippen LogP contribution < -0.4 is 5.73 Å². The van der Waals surface area contributed by atoms with Gasteiger partial charge >= 0.3 is 0 Å². The quantitative estimate of drug-likeness (QED) is 0.924. The van der Waals surface area contributed by atoms with E-state index in [0.717, 1.165) is 15.7 Å². The number of aromatic nitrogens is 1. The summed E-state index contributed by atoms with van der Waals surface area (Å²) in [5.41, 5.74) is 8.63. The summed E-state index contributed by atoms with van der Waals surface area (Å²) in [5, 5.41) is 11.1. The molecule has 0 amide bonds. The SMILES string of the molecule is Cc1c(C#N)c(N)n(Cc2sccc2Br)c1C. The Hall–Kier alpha value is -1.25. The van der Waals surface area contributed by atoms with Crippen molar-refractivity contribution in [3.8, 4) is 6.07 Å². The molecule has 2 N–H and O–H groups in total. The van der Waals surface area contributed by atoms with Crippen molar-refractivity contribution < 1.29 is 0 Å². The topological polar surface area (TPSA) is 54.7 Å². The van der Waals surface area contributed by atoms with E-state index >= 15 is 0 Å². The molecule has 0 aliphatic rings. The third-order valence-electron chi connectivity index (χ3n) is 2.97. The maximum atomic E-state index is 9.07. The number of nitriles is 1. The molecule has 5 heteroatoms. The molecule has 0 fully saturated rings. The van der Waals surface area contributed by atoms with Crippen molar-refractivity contribution in [2.45, 2.75) is 20.4 Å². The molecule has 0 unspecified atom stereocenters. The van der Waals surface area contributed by atoms with E-state index in [9.17, 15) is 0 Å². The van der Waals surface area contributed by atoms with Gasteiger partial charge in [0.1, 0.15) is 11.9 Å². The van der Waals surface area contributed by atoms with E-state index in [2.05, 4.69) is 22.0 Å². The zero-order valence-corrected chi connectivity index (χ0v) is 12.0. The van der Waals surface area contributed by atoms with Gasteiger partial charge in [-0.3, -0.25) is 0 Å². The van der Waals surface area contributed by atoms with E-state index in [1.165, 1.54) is 4.88 Å². The molecule has 0 radical (unpaired) electrons. The minimum absolute atomic E-state index is 0.558. The van der Waals surface area contributed by atoms with Crippen molar-refractivity contribution in [1.82, 2.24) is 4.57 Å². The first-order valence-electron chi connectivity index (χ1n) is 5.13. The minimum Gasteiger partial charge on any atom is -0.384 e. The van der Waals surface area contributed by atoms with Gasteiger partial charge < -0.3 is 10.3 Å². The number of hydrogen-bond donors (Lipinski definition) is 1. The molecule has 2 rings (SSSR count). The van der Waals surface area contributed by atoms with Gasteiger partial charge in [0.15, 0.2) is 0 Å². The van der Waals surface area contributed by atoms with Gasteiger partial charge in [-0.25, -0.2) is 0 Å². The van der Waals surface area contributed by atoms with Crippen molar-refractivity contribution in [3.05, 3.63) is 37.6 Å². The van der Waals surface area contributed by atoms with Crippen LogP contribution in [0.2, 0.25) is 0 Å². The van der Waals surface area contributed by atoms with Crippen LogP contribution >= 0.6 is 27.3 Å². The molecule has 2 heterocycles. The molecular weight excluding hydrogens is 298 g/mol. The summed E-state index contributed by atoms with van der Waals surface area (Å²) in [4.78, 5) is 1.21. The Morgan fingerprint density at radius 1 is 1.53 bits per heavy atom. The first kappa shape index (κ1) is 12.2. The summed E-state index contributed by atoms with van der Waals surface area (Å²) >= 11 is 5.18. The van der Waals surface area contributed by atoms with Gasteiger partial charge in [-0.1, -0.05) is 0 Å². The summed E-state index contributed by atoms with van der Waals surface area (Å²) in [6.07, 6.45) is 0. The number of nitrogen functional groups attached to an aromatic ring is 1. The van der Waals surface area contributed by atoms with Crippen LogP contribution in [-0.4, -0.2) is 4.57 Å². The maximum Gasteiger partial charge on any atom is 0.122 e. The van der Waals surface area contributed by atoms with E-state index in [-0.39, 0.29) is 0 Å². The lowest BCUT2D eigenvalue weighted by atomic mass is 10.2. The van der Waals surface area contributed by atoms with Crippen molar-refractivity contribution in [1.29, 1.82) is 5.26 Å². The molecule has 0 aliphatic carbocycles. The van der Waals surface area contributed by atoms with Gasteiger partial charge in [0.2, 0.25) is 0 Å². The average molecular weight is 310 g/mol. The van der Waals surface area contributed by atoms with Crippen LogP contribution in [0, 0.1) is 25.2 Å². The lowest BCUT2D eigenvalue weighted by molar-refractivity contribution is 0.793. The molecule has 0 aromatic carbocycles. The minimum atomic E-state index is 0.558.